The van der Waals surface area contributed by atoms with Gasteiger partial charge in [-0.15, -0.1) is 0 Å². The van der Waals surface area contributed by atoms with Gasteiger partial charge in [0.15, 0.2) is 0 Å². The molecule has 0 fully saturated rings. The van der Waals surface area contributed by atoms with E-state index in [9.17, 15) is 0 Å². The molecule has 0 bridgehead atoms. The Kier molecular flexibility index (Phi) is 3.95. The molecular formula is C17H12BrClO. The standard InChI is InChI=1S/C17H12BrClO/c18-11-12-5-1-4-8-16(12)20-17-10-9-15(19)13-6-2-3-7-14(13)17/h1-10H,11H2. The van der Waals surface area contributed by atoms with Gasteiger partial charge in [-0.25, -0.2) is 0 Å². The Morgan fingerprint density at radius 1 is 0.800 bits per heavy atom. The van der Waals surface area contributed by atoms with Crippen LogP contribution in [-0.2, 0) is 5.33 Å². The van der Waals surface area contributed by atoms with E-state index in [1.807, 2.05) is 60.7 Å². The first-order chi connectivity index (χ1) is 9.79. The first-order valence-electron chi connectivity index (χ1n) is 6.28. The topological polar surface area (TPSA) is 9.23 Å². The van der Waals surface area contributed by atoms with Crippen LogP contribution in [0.25, 0.3) is 10.8 Å². The van der Waals surface area contributed by atoms with Gasteiger partial charge in [0.1, 0.15) is 11.5 Å². The first-order valence-corrected chi connectivity index (χ1v) is 7.78. The highest BCUT2D eigenvalue weighted by atomic mass is 79.9. The van der Waals surface area contributed by atoms with Crippen LogP contribution in [-0.4, -0.2) is 0 Å². The largest absolute Gasteiger partial charge is 0.456 e. The molecule has 0 aliphatic rings. The normalized spacial score (nSPS) is 10.7. The first kappa shape index (κ1) is 13.5. The number of rotatable bonds is 3. The van der Waals surface area contributed by atoms with E-state index in [0.717, 1.165) is 38.2 Å². The fraction of sp³-hybridized carbons (Fsp3) is 0.0588. The van der Waals surface area contributed by atoms with Crippen molar-refractivity contribution in [3.8, 4) is 11.5 Å². The summed E-state index contributed by atoms with van der Waals surface area (Å²) in [5.41, 5.74) is 1.12. The summed E-state index contributed by atoms with van der Waals surface area (Å²) >= 11 is 9.71. The molecule has 100 valence electrons. The van der Waals surface area contributed by atoms with Gasteiger partial charge in [0, 0.05) is 26.7 Å². The lowest BCUT2D eigenvalue weighted by Gasteiger charge is -2.12. The third-order valence-corrected chi connectivity index (χ3v) is 4.10. The van der Waals surface area contributed by atoms with E-state index in [1.54, 1.807) is 0 Å². The lowest BCUT2D eigenvalue weighted by atomic mass is 10.1. The minimum Gasteiger partial charge on any atom is -0.456 e. The fourth-order valence-electron chi connectivity index (χ4n) is 2.16. The van der Waals surface area contributed by atoms with Gasteiger partial charge in [-0.05, 0) is 18.2 Å². The molecule has 3 aromatic rings. The van der Waals surface area contributed by atoms with Crippen molar-refractivity contribution in [2.24, 2.45) is 0 Å². The van der Waals surface area contributed by atoms with Crippen molar-refractivity contribution >= 4 is 38.3 Å². The van der Waals surface area contributed by atoms with Gasteiger partial charge in [-0.2, -0.15) is 0 Å². The number of alkyl halides is 1. The van der Waals surface area contributed by atoms with E-state index in [4.69, 9.17) is 16.3 Å². The molecule has 0 saturated carbocycles. The van der Waals surface area contributed by atoms with Crippen molar-refractivity contribution in [2.75, 3.05) is 0 Å². The van der Waals surface area contributed by atoms with Gasteiger partial charge in [0.2, 0.25) is 0 Å². The van der Waals surface area contributed by atoms with Crippen molar-refractivity contribution in [1.29, 1.82) is 0 Å². The summed E-state index contributed by atoms with van der Waals surface area (Å²) in [7, 11) is 0. The maximum Gasteiger partial charge on any atom is 0.135 e. The summed E-state index contributed by atoms with van der Waals surface area (Å²) in [6, 6.07) is 19.8. The lowest BCUT2D eigenvalue weighted by Crippen LogP contribution is -1.90. The predicted octanol–water partition coefficient (Wildman–Crippen LogP) is 6.18. The molecular weight excluding hydrogens is 336 g/mol. The zero-order valence-electron chi connectivity index (χ0n) is 10.6. The third-order valence-electron chi connectivity index (χ3n) is 3.17. The Morgan fingerprint density at radius 3 is 2.30 bits per heavy atom. The number of halogens is 2. The van der Waals surface area contributed by atoms with Gasteiger partial charge in [-0.1, -0.05) is 70.0 Å². The number of hydrogen-bond donors (Lipinski definition) is 0. The maximum absolute atomic E-state index is 6.23. The maximum atomic E-state index is 6.23. The molecule has 3 rings (SSSR count). The van der Waals surface area contributed by atoms with Crippen molar-refractivity contribution in [1.82, 2.24) is 0 Å². The van der Waals surface area contributed by atoms with Crippen molar-refractivity contribution in [2.45, 2.75) is 5.33 Å². The van der Waals surface area contributed by atoms with Crippen LogP contribution in [0.2, 0.25) is 5.02 Å². The Hall–Kier alpha value is -1.51. The number of hydrogen-bond acceptors (Lipinski definition) is 1. The summed E-state index contributed by atoms with van der Waals surface area (Å²) in [4.78, 5) is 0. The van der Waals surface area contributed by atoms with Crippen LogP contribution < -0.4 is 4.74 Å². The van der Waals surface area contributed by atoms with Crippen LogP contribution in [0.15, 0.2) is 60.7 Å². The molecule has 3 aromatic carbocycles. The Bertz CT molecular complexity index is 755. The van der Waals surface area contributed by atoms with E-state index >= 15 is 0 Å². The number of para-hydroxylation sites is 1. The van der Waals surface area contributed by atoms with E-state index in [1.165, 1.54) is 0 Å². The Balaban J connectivity index is 2.09. The summed E-state index contributed by atoms with van der Waals surface area (Å²) < 4.78 is 6.08. The molecule has 0 atom stereocenters. The molecule has 0 amide bonds. The second kappa shape index (κ2) is 5.86. The van der Waals surface area contributed by atoms with E-state index < -0.39 is 0 Å². The number of ether oxygens (including phenoxy) is 1. The number of fused-ring (bicyclic) bond motifs is 1. The van der Waals surface area contributed by atoms with E-state index in [-0.39, 0.29) is 0 Å². The highest BCUT2D eigenvalue weighted by Gasteiger charge is 2.08. The summed E-state index contributed by atoms with van der Waals surface area (Å²) in [5.74, 6) is 1.68. The van der Waals surface area contributed by atoms with Gasteiger partial charge in [0.05, 0.1) is 0 Å². The van der Waals surface area contributed by atoms with Crippen LogP contribution >= 0.6 is 27.5 Å². The SMILES string of the molecule is Clc1ccc(Oc2ccccc2CBr)c2ccccc12. The van der Waals surface area contributed by atoms with Crippen molar-refractivity contribution in [3.63, 3.8) is 0 Å². The average Bonchev–Trinajstić information content (AvgIpc) is 2.51. The molecule has 0 spiro atoms. The Labute approximate surface area is 131 Å². The molecule has 0 N–H and O–H groups in total. The van der Waals surface area contributed by atoms with Crippen LogP contribution in [0, 0.1) is 0 Å². The zero-order chi connectivity index (χ0) is 13.9. The highest BCUT2D eigenvalue weighted by molar-refractivity contribution is 9.08. The van der Waals surface area contributed by atoms with Crippen molar-refractivity contribution in [3.05, 3.63) is 71.2 Å². The summed E-state index contributed by atoms with van der Waals surface area (Å²) in [5, 5.41) is 3.52. The van der Waals surface area contributed by atoms with Gasteiger partial charge < -0.3 is 4.74 Å². The Morgan fingerprint density at radius 2 is 1.50 bits per heavy atom. The van der Waals surface area contributed by atoms with Crippen LogP contribution in [0.5, 0.6) is 11.5 Å². The molecule has 0 saturated heterocycles. The quantitative estimate of drug-likeness (QED) is 0.514. The zero-order valence-corrected chi connectivity index (χ0v) is 13.0. The fourth-order valence-corrected chi connectivity index (χ4v) is 2.85. The molecule has 0 unspecified atom stereocenters. The van der Waals surface area contributed by atoms with E-state index in [0.29, 0.717) is 0 Å². The van der Waals surface area contributed by atoms with Crippen LogP contribution in [0.1, 0.15) is 5.56 Å². The smallest absolute Gasteiger partial charge is 0.135 e. The highest BCUT2D eigenvalue weighted by Crippen LogP contribution is 2.35. The lowest BCUT2D eigenvalue weighted by molar-refractivity contribution is 0.484. The molecule has 0 aromatic heterocycles. The van der Waals surface area contributed by atoms with Gasteiger partial charge in [-0.3, -0.25) is 0 Å². The minimum absolute atomic E-state index is 0.738. The molecule has 0 radical (unpaired) electrons. The minimum atomic E-state index is 0.738. The summed E-state index contributed by atoms with van der Waals surface area (Å²) in [6.07, 6.45) is 0. The van der Waals surface area contributed by atoms with Gasteiger partial charge >= 0.3 is 0 Å². The van der Waals surface area contributed by atoms with Crippen molar-refractivity contribution < 1.29 is 4.74 Å². The van der Waals surface area contributed by atoms with Crippen LogP contribution in [0.4, 0.5) is 0 Å². The molecule has 0 heterocycles. The summed E-state index contributed by atoms with van der Waals surface area (Å²) in [6.45, 7) is 0. The second-order valence-electron chi connectivity index (χ2n) is 4.43. The third kappa shape index (κ3) is 2.54. The molecule has 3 heteroatoms. The second-order valence-corrected chi connectivity index (χ2v) is 5.40. The monoisotopic (exact) mass is 346 g/mol. The number of benzene rings is 3. The molecule has 0 aliphatic heterocycles. The molecule has 0 aliphatic carbocycles. The molecule has 1 nitrogen and oxygen atoms in total. The van der Waals surface area contributed by atoms with Crippen LogP contribution in [0.3, 0.4) is 0 Å². The van der Waals surface area contributed by atoms with E-state index in [2.05, 4.69) is 15.9 Å². The predicted molar refractivity (Wildman–Crippen MR) is 88.1 cm³/mol. The average molecular weight is 348 g/mol. The molecule has 20 heavy (non-hydrogen) atoms. The van der Waals surface area contributed by atoms with Gasteiger partial charge in [0.25, 0.3) is 0 Å².